The molecule has 0 spiro atoms. The number of hydrogen-bond acceptors (Lipinski definition) is 2. The summed E-state index contributed by atoms with van der Waals surface area (Å²) >= 11 is 0. The van der Waals surface area contributed by atoms with E-state index in [2.05, 4.69) is 4.74 Å². The van der Waals surface area contributed by atoms with Crippen LogP contribution >= 0.6 is 0 Å². The van der Waals surface area contributed by atoms with Crippen molar-refractivity contribution in [2.45, 2.75) is 6.61 Å². The topological polar surface area (TPSA) is 29.5 Å². The predicted octanol–water partition coefficient (Wildman–Crippen LogP) is 3.15. The predicted molar refractivity (Wildman–Crippen MR) is 52.2 cm³/mol. The van der Waals surface area contributed by atoms with Gasteiger partial charge in [0.25, 0.3) is 0 Å². The minimum Gasteiger partial charge on any atom is -0.508 e. The Balaban J connectivity index is 2.56. The van der Waals surface area contributed by atoms with Crippen LogP contribution in [0.1, 0.15) is 0 Å². The molecule has 0 radical (unpaired) electrons. The number of phenolic OH excluding ortho intramolecular Hbond substituents is 1. The van der Waals surface area contributed by atoms with Crippen LogP contribution < -0.4 is 4.74 Å². The van der Waals surface area contributed by atoms with Gasteiger partial charge in [-0.2, -0.15) is 8.78 Å². The fourth-order valence-corrected chi connectivity index (χ4v) is 1.44. The number of benzene rings is 2. The molecule has 0 aliphatic carbocycles. The third kappa shape index (κ3) is 1.98. The summed E-state index contributed by atoms with van der Waals surface area (Å²) in [6.45, 7) is -2.84. The lowest BCUT2D eigenvalue weighted by Gasteiger charge is -2.07. The number of phenols is 1. The van der Waals surface area contributed by atoms with Gasteiger partial charge in [0.05, 0.1) is 0 Å². The molecular weight excluding hydrogens is 202 g/mol. The summed E-state index contributed by atoms with van der Waals surface area (Å²) in [6.07, 6.45) is 0. The van der Waals surface area contributed by atoms with Gasteiger partial charge < -0.3 is 9.84 Å². The third-order valence-electron chi connectivity index (χ3n) is 2.04. The molecule has 0 aliphatic rings. The van der Waals surface area contributed by atoms with E-state index in [-0.39, 0.29) is 11.5 Å². The highest BCUT2D eigenvalue weighted by molar-refractivity contribution is 5.89. The normalized spacial score (nSPS) is 10.9. The molecule has 0 heterocycles. The molecule has 2 rings (SSSR count). The number of aromatic hydroxyl groups is 1. The van der Waals surface area contributed by atoms with Gasteiger partial charge >= 0.3 is 6.61 Å². The van der Waals surface area contributed by atoms with Crippen molar-refractivity contribution in [3.63, 3.8) is 0 Å². The minimum absolute atomic E-state index is 0.0942. The minimum atomic E-state index is -2.84. The zero-order valence-corrected chi connectivity index (χ0v) is 7.65. The van der Waals surface area contributed by atoms with Crippen molar-refractivity contribution in [3.8, 4) is 11.5 Å². The average molecular weight is 210 g/mol. The lowest BCUT2D eigenvalue weighted by molar-refractivity contribution is -0.0487. The van der Waals surface area contributed by atoms with E-state index >= 15 is 0 Å². The van der Waals surface area contributed by atoms with E-state index in [1.807, 2.05) is 0 Å². The molecule has 0 atom stereocenters. The van der Waals surface area contributed by atoms with E-state index in [4.69, 9.17) is 0 Å². The number of rotatable bonds is 2. The van der Waals surface area contributed by atoms with Gasteiger partial charge in [0.2, 0.25) is 0 Å². The summed E-state index contributed by atoms with van der Waals surface area (Å²) in [5, 5.41) is 10.4. The first-order valence-corrected chi connectivity index (χ1v) is 4.33. The maximum Gasteiger partial charge on any atom is 0.387 e. The molecule has 2 nitrogen and oxygen atoms in total. The van der Waals surface area contributed by atoms with Crippen LogP contribution in [0.5, 0.6) is 11.5 Å². The zero-order chi connectivity index (χ0) is 10.8. The number of alkyl halides is 2. The summed E-state index contributed by atoms with van der Waals surface area (Å²) in [6, 6.07) is 9.25. The molecule has 0 fully saturated rings. The summed E-state index contributed by atoms with van der Waals surface area (Å²) in [7, 11) is 0. The van der Waals surface area contributed by atoms with Gasteiger partial charge in [0, 0.05) is 5.39 Å². The highest BCUT2D eigenvalue weighted by Crippen LogP contribution is 2.29. The first-order valence-electron chi connectivity index (χ1n) is 4.33. The molecular formula is C11H8F2O2. The Bertz CT molecular complexity index is 483. The molecule has 1 N–H and O–H groups in total. The molecule has 0 bridgehead atoms. The average Bonchev–Trinajstić information content (AvgIpc) is 2.16. The van der Waals surface area contributed by atoms with Crippen molar-refractivity contribution >= 4 is 10.8 Å². The Morgan fingerprint density at radius 2 is 1.93 bits per heavy atom. The molecule has 4 heteroatoms. The van der Waals surface area contributed by atoms with Crippen LogP contribution in [0.2, 0.25) is 0 Å². The van der Waals surface area contributed by atoms with Crippen molar-refractivity contribution < 1.29 is 18.6 Å². The van der Waals surface area contributed by atoms with E-state index in [9.17, 15) is 13.9 Å². The van der Waals surface area contributed by atoms with Gasteiger partial charge in [0.15, 0.2) is 0 Å². The Morgan fingerprint density at radius 3 is 2.67 bits per heavy atom. The zero-order valence-electron chi connectivity index (χ0n) is 7.65. The Kier molecular flexibility index (Phi) is 2.41. The molecule has 2 aromatic carbocycles. The summed E-state index contributed by atoms with van der Waals surface area (Å²) in [5.74, 6) is 0.208. The van der Waals surface area contributed by atoms with Gasteiger partial charge in [0.1, 0.15) is 11.5 Å². The number of ether oxygens (including phenoxy) is 1. The molecule has 78 valence electrons. The molecule has 0 amide bonds. The van der Waals surface area contributed by atoms with Crippen LogP contribution in [-0.2, 0) is 0 Å². The summed E-state index contributed by atoms with van der Waals surface area (Å²) in [5.41, 5.74) is 0. The molecule has 0 aromatic heterocycles. The van der Waals surface area contributed by atoms with E-state index in [0.717, 1.165) is 0 Å². The summed E-state index contributed by atoms with van der Waals surface area (Å²) in [4.78, 5) is 0. The number of hydrogen-bond donors (Lipinski definition) is 1. The van der Waals surface area contributed by atoms with E-state index in [0.29, 0.717) is 10.8 Å². The van der Waals surface area contributed by atoms with Crippen molar-refractivity contribution in [2.75, 3.05) is 0 Å². The lowest BCUT2D eigenvalue weighted by atomic mass is 10.1. The smallest absolute Gasteiger partial charge is 0.387 e. The maximum absolute atomic E-state index is 12.1. The molecule has 0 aliphatic heterocycles. The second-order valence-corrected chi connectivity index (χ2v) is 3.04. The fourth-order valence-electron chi connectivity index (χ4n) is 1.44. The van der Waals surface area contributed by atoms with Crippen LogP contribution in [0, 0.1) is 0 Å². The van der Waals surface area contributed by atoms with E-state index in [1.54, 1.807) is 18.2 Å². The Labute approximate surface area is 84.7 Å². The number of halogens is 2. The van der Waals surface area contributed by atoms with Gasteiger partial charge in [-0.1, -0.05) is 12.1 Å². The van der Waals surface area contributed by atoms with Gasteiger partial charge in [-0.3, -0.25) is 0 Å². The monoisotopic (exact) mass is 210 g/mol. The first kappa shape index (κ1) is 9.71. The van der Waals surface area contributed by atoms with Crippen LogP contribution in [-0.4, -0.2) is 11.7 Å². The molecule has 15 heavy (non-hydrogen) atoms. The molecule has 2 aromatic rings. The van der Waals surface area contributed by atoms with Gasteiger partial charge in [-0.05, 0) is 29.7 Å². The van der Waals surface area contributed by atoms with E-state index < -0.39 is 6.61 Å². The van der Waals surface area contributed by atoms with Crippen LogP contribution in [0.4, 0.5) is 8.78 Å². The van der Waals surface area contributed by atoms with Gasteiger partial charge in [-0.25, -0.2) is 0 Å². The van der Waals surface area contributed by atoms with Crippen molar-refractivity contribution in [1.82, 2.24) is 0 Å². The standard InChI is InChI=1S/C11H8F2O2/c12-11(13)15-10-3-1-2-7-6-8(14)4-5-9(7)10/h1-6,11,14H. The SMILES string of the molecule is Oc1ccc2c(OC(F)F)cccc2c1. The molecule has 0 unspecified atom stereocenters. The van der Waals surface area contributed by atoms with Crippen molar-refractivity contribution in [3.05, 3.63) is 36.4 Å². The maximum atomic E-state index is 12.1. The van der Waals surface area contributed by atoms with E-state index in [1.165, 1.54) is 18.2 Å². The summed E-state index contributed by atoms with van der Waals surface area (Å²) < 4.78 is 28.5. The van der Waals surface area contributed by atoms with Crippen LogP contribution in [0.15, 0.2) is 36.4 Å². The molecule has 0 saturated carbocycles. The Morgan fingerprint density at radius 1 is 1.13 bits per heavy atom. The second-order valence-electron chi connectivity index (χ2n) is 3.04. The van der Waals surface area contributed by atoms with Crippen molar-refractivity contribution in [1.29, 1.82) is 0 Å². The van der Waals surface area contributed by atoms with Crippen LogP contribution in [0.25, 0.3) is 10.8 Å². The van der Waals surface area contributed by atoms with Crippen molar-refractivity contribution in [2.24, 2.45) is 0 Å². The lowest BCUT2D eigenvalue weighted by Crippen LogP contribution is -2.02. The molecule has 0 saturated heterocycles. The number of fused-ring (bicyclic) bond motifs is 1. The largest absolute Gasteiger partial charge is 0.508 e. The Hall–Kier alpha value is -1.84. The first-order chi connectivity index (χ1) is 7.16. The third-order valence-corrected chi connectivity index (χ3v) is 2.04. The van der Waals surface area contributed by atoms with Crippen LogP contribution in [0.3, 0.4) is 0 Å². The quantitative estimate of drug-likeness (QED) is 0.825. The van der Waals surface area contributed by atoms with Gasteiger partial charge in [-0.15, -0.1) is 0 Å². The fraction of sp³-hybridized carbons (Fsp3) is 0.0909. The second kappa shape index (κ2) is 3.73. The highest BCUT2D eigenvalue weighted by Gasteiger charge is 2.07. The highest BCUT2D eigenvalue weighted by atomic mass is 19.3.